The van der Waals surface area contributed by atoms with Gasteiger partial charge in [-0.25, -0.2) is 0 Å². The molecule has 1 rings (SSSR count). The van der Waals surface area contributed by atoms with Crippen LogP contribution in [0.15, 0.2) is 25.1 Å². The number of hydrogen-bond donors (Lipinski definition) is 0. The van der Waals surface area contributed by atoms with Gasteiger partial charge in [-0.1, -0.05) is 6.08 Å². The quantitative estimate of drug-likeness (QED) is 0.579. The Labute approximate surface area is 75.2 Å². The molecule has 0 aromatic heterocycles. The van der Waals surface area contributed by atoms with E-state index in [0.29, 0.717) is 0 Å². The lowest BCUT2D eigenvalue weighted by atomic mass is 10.1. The van der Waals surface area contributed by atoms with Gasteiger partial charge in [0.05, 0.1) is 6.67 Å². The molecule has 1 aliphatic rings. The van der Waals surface area contributed by atoms with Crippen molar-refractivity contribution in [1.29, 1.82) is 0 Å². The molecular weight excluding hydrogens is 148 g/mol. The third-order valence-electron chi connectivity index (χ3n) is 2.02. The molecule has 0 bridgehead atoms. The second-order valence-electron chi connectivity index (χ2n) is 4.14. The maximum atomic E-state index is 3.72. The molecule has 0 saturated carbocycles. The summed E-state index contributed by atoms with van der Waals surface area (Å²) in [6, 6.07) is 0. The molecule has 2 heteroatoms. The summed E-state index contributed by atoms with van der Waals surface area (Å²) < 4.78 is 0. The van der Waals surface area contributed by atoms with Crippen molar-refractivity contribution >= 4 is 0 Å². The smallest absolute Gasteiger partial charge is 0.0901 e. The van der Waals surface area contributed by atoms with Crippen molar-refractivity contribution in [2.75, 3.05) is 13.2 Å². The first kappa shape index (κ1) is 9.17. The van der Waals surface area contributed by atoms with Crippen molar-refractivity contribution in [2.45, 2.75) is 26.3 Å². The molecule has 0 aromatic rings. The molecule has 0 amide bonds. The Kier molecular flexibility index (Phi) is 2.46. The maximum absolute atomic E-state index is 3.72. The topological polar surface area (TPSA) is 6.48 Å². The highest BCUT2D eigenvalue weighted by Gasteiger charge is 2.22. The average Bonchev–Trinajstić information content (AvgIpc) is 2.35. The van der Waals surface area contributed by atoms with Gasteiger partial charge in [-0.15, -0.1) is 6.58 Å². The van der Waals surface area contributed by atoms with E-state index in [4.69, 9.17) is 0 Å². The lowest BCUT2D eigenvalue weighted by Crippen LogP contribution is -2.39. The maximum Gasteiger partial charge on any atom is 0.0901 e. The summed E-state index contributed by atoms with van der Waals surface area (Å²) in [7, 11) is 0. The first-order valence-corrected chi connectivity index (χ1v) is 4.34. The van der Waals surface area contributed by atoms with Crippen LogP contribution in [-0.4, -0.2) is 28.6 Å². The van der Waals surface area contributed by atoms with E-state index in [1.165, 1.54) is 0 Å². The summed E-state index contributed by atoms with van der Waals surface area (Å²) >= 11 is 0. The third-order valence-corrected chi connectivity index (χ3v) is 2.02. The summed E-state index contributed by atoms with van der Waals surface area (Å²) in [5.41, 5.74) is 0.229. The molecule has 0 aliphatic carbocycles. The molecule has 0 unspecified atom stereocenters. The monoisotopic (exact) mass is 166 g/mol. The van der Waals surface area contributed by atoms with Crippen LogP contribution in [0.4, 0.5) is 0 Å². The summed E-state index contributed by atoms with van der Waals surface area (Å²) in [5, 5.41) is 0. The Morgan fingerprint density at radius 2 is 2.08 bits per heavy atom. The Hall–Kier alpha value is -0.920. The largest absolute Gasteiger partial charge is 0.355 e. The predicted octanol–water partition coefficient (Wildman–Crippen LogP) is 2.02. The summed E-state index contributed by atoms with van der Waals surface area (Å²) in [6.07, 6.45) is 6.19. The van der Waals surface area contributed by atoms with Crippen molar-refractivity contribution in [1.82, 2.24) is 9.80 Å². The summed E-state index contributed by atoms with van der Waals surface area (Å²) in [5.74, 6) is 0. The Bertz CT molecular complexity index is 189. The highest BCUT2D eigenvalue weighted by atomic mass is 15.4. The van der Waals surface area contributed by atoms with Crippen molar-refractivity contribution in [3.63, 3.8) is 0 Å². The third kappa shape index (κ3) is 2.03. The standard InChI is InChI=1S/C10H18N2/c1-5-6-11-7-8-12(9-11)10(2,3)4/h5,7-8H,1,6,9H2,2-4H3. The second kappa shape index (κ2) is 3.21. The van der Waals surface area contributed by atoms with Gasteiger partial charge in [-0.2, -0.15) is 0 Å². The minimum Gasteiger partial charge on any atom is -0.355 e. The Balaban J connectivity index is 2.47. The zero-order chi connectivity index (χ0) is 9.19. The van der Waals surface area contributed by atoms with E-state index in [0.717, 1.165) is 13.2 Å². The fraction of sp³-hybridized carbons (Fsp3) is 0.600. The van der Waals surface area contributed by atoms with Gasteiger partial charge in [-0.3, -0.25) is 0 Å². The molecule has 0 aromatic carbocycles. The molecule has 68 valence electrons. The van der Waals surface area contributed by atoms with Gasteiger partial charge in [0.1, 0.15) is 0 Å². The number of hydrogen-bond acceptors (Lipinski definition) is 2. The summed E-state index contributed by atoms with van der Waals surface area (Å²) in [4.78, 5) is 4.55. The molecule has 0 atom stereocenters. The Morgan fingerprint density at radius 1 is 1.42 bits per heavy atom. The molecular formula is C10H18N2. The fourth-order valence-electron chi connectivity index (χ4n) is 1.18. The second-order valence-corrected chi connectivity index (χ2v) is 4.14. The van der Waals surface area contributed by atoms with Crippen LogP contribution < -0.4 is 0 Å². The lowest BCUT2D eigenvalue weighted by Gasteiger charge is -2.33. The first-order valence-electron chi connectivity index (χ1n) is 4.34. The molecule has 2 nitrogen and oxygen atoms in total. The van der Waals surface area contributed by atoms with Crippen LogP contribution in [0.3, 0.4) is 0 Å². The van der Waals surface area contributed by atoms with E-state index in [9.17, 15) is 0 Å². The SMILES string of the molecule is C=CCN1C=CN(C(C)(C)C)C1. The van der Waals surface area contributed by atoms with E-state index >= 15 is 0 Å². The van der Waals surface area contributed by atoms with Crippen LogP contribution in [0, 0.1) is 0 Å². The zero-order valence-electron chi connectivity index (χ0n) is 8.25. The molecule has 0 fully saturated rings. The number of rotatable bonds is 2. The predicted molar refractivity (Wildman–Crippen MR) is 52.5 cm³/mol. The molecule has 0 N–H and O–H groups in total. The molecule has 0 spiro atoms. The van der Waals surface area contributed by atoms with E-state index in [2.05, 4.69) is 49.5 Å². The molecule has 0 saturated heterocycles. The van der Waals surface area contributed by atoms with Crippen molar-refractivity contribution < 1.29 is 0 Å². The summed E-state index contributed by atoms with van der Waals surface area (Å²) in [6.45, 7) is 12.3. The number of nitrogens with zero attached hydrogens (tertiary/aromatic N) is 2. The van der Waals surface area contributed by atoms with Gasteiger partial charge in [0.15, 0.2) is 0 Å². The molecule has 1 aliphatic heterocycles. The van der Waals surface area contributed by atoms with Crippen LogP contribution in [0.2, 0.25) is 0 Å². The first-order chi connectivity index (χ1) is 5.54. The van der Waals surface area contributed by atoms with Crippen LogP contribution >= 0.6 is 0 Å². The van der Waals surface area contributed by atoms with Crippen molar-refractivity contribution in [3.8, 4) is 0 Å². The van der Waals surface area contributed by atoms with E-state index in [1.807, 2.05) is 6.08 Å². The average molecular weight is 166 g/mol. The fourth-order valence-corrected chi connectivity index (χ4v) is 1.18. The van der Waals surface area contributed by atoms with Crippen LogP contribution in [0.1, 0.15) is 20.8 Å². The molecule has 1 heterocycles. The van der Waals surface area contributed by atoms with Crippen molar-refractivity contribution in [2.24, 2.45) is 0 Å². The van der Waals surface area contributed by atoms with Gasteiger partial charge >= 0.3 is 0 Å². The van der Waals surface area contributed by atoms with Gasteiger partial charge in [0, 0.05) is 24.5 Å². The molecule has 0 radical (unpaired) electrons. The van der Waals surface area contributed by atoms with Crippen molar-refractivity contribution in [3.05, 3.63) is 25.1 Å². The highest BCUT2D eigenvalue weighted by Crippen LogP contribution is 2.18. The van der Waals surface area contributed by atoms with Gasteiger partial charge < -0.3 is 9.80 Å². The van der Waals surface area contributed by atoms with E-state index < -0.39 is 0 Å². The highest BCUT2D eigenvalue weighted by molar-refractivity contribution is 4.97. The van der Waals surface area contributed by atoms with Crippen LogP contribution in [0.5, 0.6) is 0 Å². The lowest BCUT2D eigenvalue weighted by molar-refractivity contribution is 0.168. The zero-order valence-corrected chi connectivity index (χ0v) is 8.25. The molecule has 12 heavy (non-hydrogen) atoms. The van der Waals surface area contributed by atoms with Gasteiger partial charge in [-0.05, 0) is 20.8 Å². The van der Waals surface area contributed by atoms with E-state index in [-0.39, 0.29) is 5.54 Å². The van der Waals surface area contributed by atoms with Gasteiger partial charge in [0.25, 0.3) is 0 Å². The Morgan fingerprint density at radius 3 is 2.50 bits per heavy atom. The van der Waals surface area contributed by atoms with Gasteiger partial charge in [0.2, 0.25) is 0 Å². The van der Waals surface area contributed by atoms with Crippen LogP contribution in [-0.2, 0) is 0 Å². The van der Waals surface area contributed by atoms with Crippen LogP contribution in [0.25, 0.3) is 0 Å². The minimum atomic E-state index is 0.229. The minimum absolute atomic E-state index is 0.229. The van der Waals surface area contributed by atoms with E-state index in [1.54, 1.807) is 0 Å². The normalized spacial score (nSPS) is 17.2.